The minimum absolute atomic E-state index is 0.0502. The lowest BCUT2D eigenvalue weighted by Crippen LogP contribution is -1.86. The fraction of sp³-hybridized carbons (Fsp3) is 0. The van der Waals surface area contributed by atoms with Crippen LogP contribution >= 0.6 is 23.2 Å². The van der Waals surface area contributed by atoms with Gasteiger partial charge in [-0.25, -0.2) is 0 Å². The van der Waals surface area contributed by atoms with Gasteiger partial charge in [0.1, 0.15) is 5.52 Å². The van der Waals surface area contributed by atoms with Gasteiger partial charge in [-0.3, -0.25) is 4.79 Å². The Morgan fingerprint density at radius 2 is 2.23 bits per heavy atom. The van der Waals surface area contributed by atoms with E-state index in [1.807, 2.05) is 0 Å². The summed E-state index contributed by atoms with van der Waals surface area (Å²) in [6.07, 6.45) is 0. The summed E-state index contributed by atoms with van der Waals surface area (Å²) < 4.78 is 5.00. The topological polar surface area (TPSA) is 43.1 Å². The van der Waals surface area contributed by atoms with Gasteiger partial charge in [0, 0.05) is 5.56 Å². The van der Waals surface area contributed by atoms with Gasteiger partial charge in [-0.2, -0.15) is 4.98 Å². The SMILES string of the molecule is O=C(Cl)c1ccc2nc(Cl)oc2c1. The normalized spacial score (nSPS) is 10.6. The van der Waals surface area contributed by atoms with E-state index in [-0.39, 0.29) is 5.35 Å². The minimum Gasteiger partial charge on any atom is -0.428 e. The number of benzene rings is 1. The molecule has 0 fully saturated rings. The van der Waals surface area contributed by atoms with Crippen LogP contribution in [0.4, 0.5) is 0 Å². The van der Waals surface area contributed by atoms with Gasteiger partial charge in [0.2, 0.25) is 0 Å². The molecular formula is C8H3Cl2NO2. The van der Waals surface area contributed by atoms with Crippen molar-refractivity contribution in [3.05, 3.63) is 29.1 Å². The first-order valence-corrected chi connectivity index (χ1v) is 4.18. The molecule has 13 heavy (non-hydrogen) atoms. The molecule has 0 saturated heterocycles. The van der Waals surface area contributed by atoms with Crippen molar-refractivity contribution in [2.45, 2.75) is 0 Å². The van der Waals surface area contributed by atoms with Crippen LogP contribution in [-0.4, -0.2) is 10.2 Å². The highest BCUT2D eigenvalue weighted by atomic mass is 35.5. The van der Waals surface area contributed by atoms with Gasteiger partial charge >= 0.3 is 0 Å². The molecule has 0 unspecified atom stereocenters. The van der Waals surface area contributed by atoms with E-state index in [0.717, 1.165) is 0 Å². The Morgan fingerprint density at radius 1 is 1.46 bits per heavy atom. The van der Waals surface area contributed by atoms with Crippen molar-refractivity contribution in [1.82, 2.24) is 4.98 Å². The van der Waals surface area contributed by atoms with Crippen LogP contribution in [-0.2, 0) is 0 Å². The highest BCUT2D eigenvalue weighted by Gasteiger charge is 2.07. The lowest BCUT2D eigenvalue weighted by molar-refractivity contribution is 0.108. The summed E-state index contributed by atoms with van der Waals surface area (Å²) in [7, 11) is 0. The van der Waals surface area contributed by atoms with Crippen molar-refractivity contribution in [2.75, 3.05) is 0 Å². The highest BCUT2D eigenvalue weighted by Crippen LogP contribution is 2.20. The molecule has 66 valence electrons. The number of carbonyl (C=O) groups is 1. The number of oxazole rings is 1. The summed E-state index contributed by atoms with van der Waals surface area (Å²) in [5.41, 5.74) is 1.42. The third-order valence-electron chi connectivity index (χ3n) is 1.59. The van der Waals surface area contributed by atoms with Gasteiger partial charge in [-0.1, -0.05) is 0 Å². The van der Waals surface area contributed by atoms with E-state index >= 15 is 0 Å². The maximum atomic E-state index is 10.8. The zero-order valence-electron chi connectivity index (χ0n) is 6.25. The number of halogens is 2. The first-order valence-electron chi connectivity index (χ1n) is 3.43. The van der Waals surface area contributed by atoms with E-state index in [9.17, 15) is 4.79 Å². The lowest BCUT2D eigenvalue weighted by atomic mass is 10.2. The Balaban J connectivity index is 2.67. The van der Waals surface area contributed by atoms with Crippen LogP contribution in [0.1, 0.15) is 10.4 Å². The molecule has 0 aliphatic carbocycles. The summed E-state index contributed by atoms with van der Waals surface area (Å²) in [5.74, 6) is 0. The monoisotopic (exact) mass is 215 g/mol. The smallest absolute Gasteiger partial charge is 0.293 e. The van der Waals surface area contributed by atoms with Crippen LogP contribution in [0.2, 0.25) is 5.35 Å². The molecule has 0 spiro atoms. The predicted octanol–water partition coefficient (Wildman–Crippen LogP) is 2.86. The van der Waals surface area contributed by atoms with E-state index in [4.69, 9.17) is 27.6 Å². The van der Waals surface area contributed by atoms with Crippen molar-refractivity contribution < 1.29 is 9.21 Å². The summed E-state index contributed by atoms with van der Waals surface area (Å²) in [4.78, 5) is 14.6. The molecule has 0 radical (unpaired) electrons. The van der Waals surface area contributed by atoms with Crippen LogP contribution in [0.3, 0.4) is 0 Å². The molecule has 0 aliphatic heterocycles. The summed E-state index contributed by atoms with van der Waals surface area (Å²) >= 11 is 10.8. The first-order chi connectivity index (χ1) is 6.16. The Morgan fingerprint density at radius 3 is 2.92 bits per heavy atom. The Kier molecular flexibility index (Phi) is 1.98. The molecule has 2 aromatic rings. The molecule has 0 atom stereocenters. The first kappa shape index (κ1) is 8.53. The number of rotatable bonds is 1. The van der Waals surface area contributed by atoms with Gasteiger partial charge in [0.25, 0.3) is 10.6 Å². The summed E-state index contributed by atoms with van der Waals surface area (Å²) in [6, 6.07) is 4.69. The minimum atomic E-state index is -0.533. The largest absolute Gasteiger partial charge is 0.428 e. The van der Waals surface area contributed by atoms with E-state index in [1.54, 1.807) is 12.1 Å². The molecule has 0 amide bonds. The second kappa shape index (κ2) is 3.01. The van der Waals surface area contributed by atoms with E-state index in [1.165, 1.54) is 6.07 Å². The standard InChI is InChI=1S/C8H3Cl2NO2/c9-7(12)4-1-2-5-6(3-4)13-8(10)11-5/h1-3H. The van der Waals surface area contributed by atoms with Crippen LogP contribution in [0.25, 0.3) is 11.1 Å². The molecule has 3 nitrogen and oxygen atoms in total. The van der Waals surface area contributed by atoms with Crippen LogP contribution < -0.4 is 0 Å². The maximum Gasteiger partial charge on any atom is 0.293 e. The number of hydrogen-bond acceptors (Lipinski definition) is 3. The number of aromatic nitrogens is 1. The average Bonchev–Trinajstić information content (AvgIpc) is 2.42. The molecule has 2 rings (SSSR count). The van der Waals surface area contributed by atoms with Crippen LogP contribution in [0, 0.1) is 0 Å². The fourth-order valence-electron chi connectivity index (χ4n) is 1.02. The second-order valence-corrected chi connectivity index (χ2v) is 3.09. The van der Waals surface area contributed by atoms with Gasteiger partial charge in [0.15, 0.2) is 5.58 Å². The Hall–Kier alpha value is -1.06. The number of carbonyl (C=O) groups excluding carboxylic acids is 1. The maximum absolute atomic E-state index is 10.8. The molecule has 0 bridgehead atoms. The molecule has 0 aliphatic rings. The van der Waals surface area contributed by atoms with Crippen molar-refractivity contribution in [1.29, 1.82) is 0 Å². The van der Waals surface area contributed by atoms with Crippen LogP contribution in [0.5, 0.6) is 0 Å². The molecular weight excluding hydrogens is 213 g/mol. The zero-order valence-corrected chi connectivity index (χ0v) is 7.76. The average molecular weight is 216 g/mol. The molecule has 1 aromatic carbocycles. The Labute approximate surface area is 83.3 Å². The lowest BCUT2D eigenvalue weighted by Gasteiger charge is -1.90. The van der Waals surface area contributed by atoms with Gasteiger partial charge < -0.3 is 4.42 Å². The van der Waals surface area contributed by atoms with Crippen molar-refractivity contribution in [3.63, 3.8) is 0 Å². The number of hydrogen-bond donors (Lipinski definition) is 0. The van der Waals surface area contributed by atoms with E-state index < -0.39 is 5.24 Å². The zero-order chi connectivity index (χ0) is 9.42. The Bertz CT molecular complexity index is 478. The quantitative estimate of drug-likeness (QED) is 0.688. The molecule has 1 heterocycles. The van der Waals surface area contributed by atoms with Crippen molar-refractivity contribution >= 4 is 39.5 Å². The van der Waals surface area contributed by atoms with Crippen LogP contribution in [0.15, 0.2) is 22.6 Å². The fourth-order valence-corrected chi connectivity index (χ4v) is 1.31. The van der Waals surface area contributed by atoms with E-state index in [0.29, 0.717) is 16.7 Å². The highest BCUT2D eigenvalue weighted by molar-refractivity contribution is 6.67. The molecule has 0 N–H and O–H groups in total. The summed E-state index contributed by atoms with van der Waals surface area (Å²) in [5, 5.41) is -0.483. The van der Waals surface area contributed by atoms with Gasteiger partial charge in [-0.15, -0.1) is 0 Å². The predicted molar refractivity (Wildman–Crippen MR) is 49.2 cm³/mol. The van der Waals surface area contributed by atoms with E-state index in [2.05, 4.69) is 4.98 Å². The third-order valence-corrected chi connectivity index (χ3v) is 1.97. The number of fused-ring (bicyclic) bond motifs is 1. The van der Waals surface area contributed by atoms with Crippen molar-refractivity contribution in [2.24, 2.45) is 0 Å². The molecule has 5 heteroatoms. The molecule has 1 aromatic heterocycles. The second-order valence-electron chi connectivity index (χ2n) is 2.42. The summed E-state index contributed by atoms with van der Waals surface area (Å²) in [6.45, 7) is 0. The van der Waals surface area contributed by atoms with Gasteiger partial charge in [0.05, 0.1) is 0 Å². The number of nitrogens with zero attached hydrogens (tertiary/aromatic N) is 1. The van der Waals surface area contributed by atoms with Crippen molar-refractivity contribution in [3.8, 4) is 0 Å². The molecule has 0 saturated carbocycles. The van der Waals surface area contributed by atoms with Gasteiger partial charge in [-0.05, 0) is 41.4 Å². The third kappa shape index (κ3) is 1.53.